The number of carboxylic acid groups (broad SMARTS) is 1. The number of nitrogens with one attached hydrogen (secondary N) is 2. The topological polar surface area (TPSA) is 112 Å². The Hall–Kier alpha value is -1.87. The van der Waals surface area contributed by atoms with Crippen LogP contribution >= 0.6 is 15.9 Å². The number of halogens is 1. The van der Waals surface area contributed by atoms with Crippen molar-refractivity contribution in [3.63, 3.8) is 0 Å². The molecule has 106 valence electrons. The molecule has 7 nitrogen and oxygen atoms in total. The quantitative estimate of drug-likeness (QED) is 0.772. The summed E-state index contributed by atoms with van der Waals surface area (Å²) in [6.45, 7) is 1.72. The number of H-pyrrole nitrogens is 1. The number of nitrogens with zero attached hydrogens (tertiary/aromatic N) is 1. The van der Waals surface area contributed by atoms with Crippen LogP contribution in [-0.4, -0.2) is 29.5 Å². The normalized spacial score (nSPS) is 11.3. The van der Waals surface area contributed by atoms with E-state index in [1.807, 2.05) is 0 Å². The zero-order valence-corrected chi connectivity index (χ0v) is 12.6. The van der Waals surface area contributed by atoms with Gasteiger partial charge in [-0.3, -0.25) is 4.72 Å². The smallest absolute Gasteiger partial charge is 0.352 e. The second-order valence-corrected chi connectivity index (χ2v) is 6.46. The third-order valence-corrected chi connectivity index (χ3v) is 4.63. The molecule has 0 unspecified atom stereocenters. The fourth-order valence-corrected chi connectivity index (χ4v) is 2.67. The summed E-state index contributed by atoms with van der Waals surface area (Å²) in [4.78, 5) is 17.0. The predicted molar refractivity (Wildman–Crippen MR) is 75.2 cm³/mol. The zero-order chi connectivity index (χ0) is 14.9. The Labute approximate surface area is 123 Å². The number of aromatic amines is 1. The predicted octanol–water partition coefficient (Wildman–Crippen LogP) is 1.98. The summed E-state index contributed by atoms with van der Waals surface area (Å²) in [5.74, 6) is -1.08. The monoisotopic (exact) mass is 359 g/mol. The molecule has 0 saturated carbocycles. The van der Waals surface area contributed by atoms with E-state index in [2.05, 4.69) is 30.6 Å². The van der Waals surface area contributed by atoms with Gasteiger partial charge in [-0.05, 0) is 41.1 Å². The number of carboxylic acids is 1. The molecule has 0 saturated heterocycles. The molecule has 0 radical (unpaired) electrons. The molecule has 2 aromatic heterocycles. The number of hydrogen-bond donors (Lipinski definition) is 3. The van der Waals surface area contributed by atoms with Gasteiger partial charge < -0.3 is 10.1 Å². The molecule has 0 amide bonds. The highest BCUT2D eigenvalue weighted by molar-refractivity contribution is 9.10. The van der Waals surface area contributed by atoms with Crippen LogP contribution in [-0.2, 0) is 10.0 Å². The molecule has 0 aliphatic carbocycles. The first-order chi connectivity index (χ1) is 9.29. The number of aryl methyl sites for hydroxylation is 1. The van der Waals surface area contributed by atoms with Crippen LogP contribution in [0.1, 0.15) is 16.2 Å². The lowest BCUT2D eigenvalue weighted by atomic mass is 10.4. The summed E-state index contributed by atoms with van der Waals surface area (Å²) >= 11 is 3.26. The largest absolute Gasteiger partial charge is 0.477 e. The second-order valence-electron chi connectivity index (χ2n) is 3.92. The first-order valence-electron chi connectivity index (χ1n) is 5.37. The molecule has 2 rings (SSSR count). The van der Waals surface area contributed by atoms with Crippen molar-refractivity contribution in [3.8, 4) is 0 Å². The van der Waals surface area contributed by atoms with Crippen molar-refractivity contribution in [1.29, 1.82) is 0 Å². The van der Waals surface area contributed by atoms with Crippen LogP contribution in [0.25, 0.3) is 0 Å². The van der Waals surface area contributed by atoms with Crippen LogP contribution in [0.3, 0.4) is 0 Å². The Morgan fingerprint density at radius 1 is 1.45 bits per heavy atom. The molecule has 0 atom stereocenters. The highest BCUT2D eigenvalue weighted by Gasteiger charge is 2.19. The van der Waals surface area contributed by atoms with E-state index in [1.54, 1.807) is 13.0 Å². The molecule has 2 heterocycles. The standard InChI is InChI=1S/C11H10BrN3O4S/c1-6-8(12)2-3-10(14-6)15-20(18,19)7-4-9(11(16)17)13-5-7/h2-5,13H,1H3,(H,14,15)(H,16,17). The lowest BCUT2D eigenvalue weighted by Crippen LogP contribution is -2.13. The Balaban J connectivity index is 2.30. The van der Waals surface area contributed by atoms with Gasteiger partial charge in [0.15, 0.2) is 0 Å². The summed E-state index contributed by atoms with van der Waals surface area (Å²) in [7, 11) is -3.88. The van der Waals surface area contributed by atoms with Crippen molar-refractivity contribution in [1.82, 2.24) is 9.97 Å². The van der Waals surface area contributed by atoms with Gasteiger partial charge in [-0.25, -0.2) is 18.2 Å². The second kappa shape index (κ2) is 5.25. The Kier molecular flexibility index (Phi) is 3.82. The summed E-state index contributed by atoms with van der Waals surface area (Å²) in [5, 5.41) is 8.76. The molecule has 9 heteroatoms. The molecule has 0 aromatic carbocycles. The van der Waals surface area contributed by atoms with Gasteiger partial charge in [-0.2, -0.15) is 0 Å². The van der Waals surface area contributed by atoms with Gasteiger partial charge >= 0.3 is 5.97 Å². The highest BCUT2D eigenvalue weighted by atomic mass is 79.9. The lowest BCUT2D eigenvalue weighted by molar-refractivity contribution is 0.0691. The number of pyridine rings is 1. The maximum Gasteiger partial charge on any atom is 0.352 e. The molecule has 0 fully saturated rings. The van der Waals surface area contributed by atoms with E-state index in [9.17, 15) is 13.2 Å². The summed E-state index contributed by atoms with van der Waals surface area (Å²) in [5.41, 5.74) is 0.427. The minimum absolute atomic E-state index is 0.156. The van der Waals surface area contributed by atoms with Crippen molar-refractivity contribution >= 4 is 37.7 Å². The number of aromatic carboxylic acids is 1. The van der Waals surface area contributed by atoms with Gasteiger partial charge in [0.1, 0.15) is 16.4 Å². The molecule has 0 spiro atoms. The van der Waals surface area contributed by atoms with E-state index in [4.69, 9.17) is 5.11 Å². The summed E-state index contributed by atoms with van der Waals surface area (Å²) in [6.07, 6.45) is 1.11. The van der Waals surface area contributed by atoms with Crippen LogP contribution in [0.15, 0.2) is 33.8 Å². The molecular weight excluding hydrogens is 350 g/mol. The van der Waals surface area contributed by atoms with E-state index in [-0.39, 0.29) is 16.4 Å². The van der Waals surface area contributed by atoms with Crippen LogP contribution in [0.4, 0.5) is 5.82 Å². The van der Waals surface area contributed by atoms with Crippen molar-refractivity contribution < 1.29 is 18.3 Å². The molecule has 3 N–H and O–H groups in total. The van der Waals surface area contributed by atoms with E-state index in [0.29, 0.717) is 5.69 Å². The number of rotatable bonds is 4. The van der Waals surface area contributed by atoms with Crippen LogP contribution < -0.4 is 4.72 Å². The zero-order valence-electron chi connectivity index (χ0n) is 10.2. The van der Waals surface area contributed by atoms with E-state index < -0.39 is 16.0 Å². The molecule has 2 aromatic rings. The van der Waals surface area contributed by atoms with E-state index in [1.165, 1.54) is 6.07 Å². The van der Waals surface area contributed by atoms with Gasteiger partial charge in [0.25, 0.3) is 10.0 Å². The third kappa shape index (κ3) is 2.99. The molecule has 0 aliphatic rings. The fourth-order valence-electron chi connectivity index (χ4n) is 1.45. The van der Waals surface area contributed by atoms with Crippen LogP contribution in [0.2, 0.25) is 0 Å². The Bertz CT molecular complexity index is 770. The SMILES string of the molecule is Cc1nc(NS(=O)(=O)c2c[nH]c(C(=O)O)c2)ccc1Br. The van der Waals surface area contributed by atoms with Gasteiger partial charge in [0.05, 0.1) is 5.69 Å². The van der Waals surface area contributed by atoms with Gasteiger partial charge in [-0.15, -0.1) is 0 Å². The van der Waals surface area contributed by atoms with Crippen molar-refractivity contribution in [2.45, 2.75) is 11.8 Å². The fraction of sp³-hybridized carbons (Fsp3) is 0.0909. The number of aromatic nitrogens is 2. The average molecular weight is 360 g/mol. The number of hydrogen-bond acceptors (Lipinski definition) is 4. The number of sulfonamides is 1. The van der Waals surface area contributed by atoms with Crippen molar-refractivity contribution in [2.75, 3.05) is 4.72 Å². The van der Waals surface area contributed by atoms with E-state index in [0.717, 1.165) is 16.7 Å². The maximum atomic E-state index is 12.1. The Morgan fingerprint density at radius 3 is 2.70 bits per heavy atom. The van der Waals surface area contributed by atoms with Crippen LogP contribution in [0, 0.1) is 6.92 Å². The molecular formula is C11H10BrN3O4S. The Morgan fingerprint density at radius 2 is 2.15 bits per heavy atom. The highest BCUT2D eigenvalue weighted by Crippen LogP contribution is 2.19. The van der Waals surface area contributed by atoms with Crippen molar-refractivity contribution in [2.24, 2.45) is 0 Å². The first kappa shape index (κ1) is 14.5. The van der Waals surface area contributed by atoms with Gasteiger partial charge in [0, 0.05) is 10.7 Å². The summed E-state index contributed by atoms with van der Waals surface area (Å²) < 4.78 is 27.2. The van der Waals surface area contributed by atoms with Gasteiger partial charge in [0.2, 0.25) is 0 Å². The average Bonchev–Trinajstić information content (AvgIpc) is 2.84. The first-order valence-corrected chi connectivity index (χ1v) is 7.65. The lowest BCUT2D eigenvalue weighted by Gasteiger charge is -2.06. The third-order valence-electron chi connectivity index (χ3n) is 2.46. The molecule has 0 aliphatic heterocycles. The summed E-state index contributed by atoms with van der Waals surface area (Å²) in [6, 6.07) is 4.20. The minimum Gasteiger partial charge on any atom is -0.477 e. The van der Waals surface area contributed by atoms with Crippen LogP contribution in [0.5, 0.6) is 0 Å². The molecule has 0 bridgehead atoms. The minimum atomic E-state index is -3.88. The van der Waals surface area contributed by atoms with Gasteiger partial charge in [-0.1, -0.05) is 0 Å². The molecule has 20 heavy (non-hydrogen) atoms. The number of carbonyl (C=O) groups is 1. The van der Waals surface area contributed by atoms with Crippen molar-refractivity contribution in [3.05, 3.63) is 40.3 Å². The van der Waals surface area contributed by atoms with E-state index >= 15 is 0 Å². The number of anilines is 1. The maximum absolute atomic E-state index is 12.1.